The van der Waals surface area contributed by atoms with Gasteiger partial charge >= 0.3 is 13.9 Å². The largest absolute Gasteiger partial charge is 0.469 e. The predicted molar refractivity (Wildman–Crippen MR) is 146 cm³/mol. The number of sulfonamides is 1. The van der Waals surface area contributed by atoms with Crippen molar-refractivity contribution in [2.45, 2.75) is 56.7 Å². The standard InChI is InChI=1S/C25H36N3O9PS/c1-17(2)15-27(39(34,35)22-10-8-20(26)9-11-22)23-7-5-4-6-19(23)14-24(37-38(31,32)33)18(3)28(25(29)30)21-12-13-36-16-21/h4-11,17-18,21,24H,12-16,26H2,1-3H3,(H,29,30)(H2,31,32,33)/t18-,21-,24+/m0/s1. The smallest absolute Gasteiger partial charge is 0.465 e. The van der Waals surface area contributed by atoms with Crippen molar-refractivity contribution in [3.05, 3.63) is 54.1 Å². The van der Waals surface area contributed by atoms with E-state index in [9.17, 15) is 32.7 Å². The van der Waals surface area contributed by atoms with E-state index < -0.39 is 42.1 Å². The Morgan fingerprint density at radius 1 is 1.15 bits per heavy atom. The summed E-state index contributed by atoms with van der Waals surface area (Å²) < 4.78 is 51.2. The lowest BCUT2D eigenvalue weighted by Crippen LogP contribution is -2.51. The number of hydrogen-bond acceptors (Lipinski definition) is 7. The lowest BCUT2D eigenvalue weighted by molar-refractivity contribution is 0.0291. The molecule has 1 saturated heterocycles. The highest BCUT2D eigenvalue weighted by molar-refractivity contribution is 7.92. The van der Waals surface area contributed by atoms with Crippen LogP contribution in [0.15, 0.2) is 53.4 Å². The van der Waals surface area contributed by atoms with Gasteiger partial charge in [-0.2, -0.15) is 0 Å². The number of phosphoric ester groups is 1. The van der Waals surface area contributed by atoms with Crippen LogP contribution >= 0.6 is 7.82 Å². The summed E-state index contributed by atoms with van der Waals surface area (Å²) in [6.07, 6.45) is -2.33. The van der Waals surface area contributed by atoms with Crippen molar-refractivity contribution < 1.29 is 41.9 Å². The van der Waals surface area contributed by atoms with E-state index in [1.54, 1.807) is 24.3 Å². The topological polar surface area (TPSA) is 180 Å². The molecule has 1 heterocycles. The van der Waals surface area contributed by atoms with Crippen molar-refractivity contribution in [2.75, 3.05) is 29.8 Å². The van der Waals surface area contributed by atoms with Crippen LogP contribution in [-0.2, 0) is 30.3 Å². The van der Waals surface area contributed by atoms with E-state index in [-0.39, 0.29) is 30.4 Å². The molecular weight excluding hydrogens is 549 g/mol. The summed E-state index contributed by atoms with van der Waals surface area (Å²) in [4.78, 5) is 32.7. The Morgan fingerprint density at radius 2 is 1.79 bits per heavy atom. The number of hydrogen-bond donors (Lipinski definition) is 4. The number of nitrogen functional groups attached to an aromatic ring is 1. The summed E-state index contributed by atoms with van der Waals surface area (Å²) in [6.45, 7) is 5.87. The molecule has 3 atom stereocenters. The maximum Gasteiger partial charge on any atom is 0.469 e. The van der Waals surface area contributed by atoms with Crippen molar-refractivity contribution in [1.29, 1.82) is 0 Å². The van der Waals surface area contributed by atoms with Gasteiger partial charge in [0.15, 0.2) is 0 Å². The van der Waals surface area contributed by atoms with E-state index >= 15 is 0 Å². The number of benzene rings is 2. The van der Waals surface area contributed by atoms with Crippen LogP contribution in [0.4, 0.5) is 16.2 Å². The van der Waals surface area contributed by atoms with E-state index in [1.165, 1.54) is 35.5 Å². The molecule has 216 valence electrons. The number of ether oxygens (including phenoxy) is 1. The fourth-order valence-electron chi connectivity index (χ4n) is 4.62. The van der Waals surface area contributed by atoms with Crippen LogP contribution in [0.2, 0.25) is 0 Å². The molecule has 0 bridgehead atoms. The molecule has 14 heteroatoms. The third-order valence-electron chi connectivity index (χ3n) is 6.45. The van der Waals surface area contributed by atoms with Crippen molar-refractivity contribution in [2.24, 2.45) is 5.92 Å². The number of rotatable bonds is 12. The third-order valence-corrected chi connectivity index (χ3v) is 8.79. The van der Waals surface area contributed by atoms with Gasteiger partial charge in [-0.25, -0.2) is 17.8 Å². The van der Waals surface area contributed by atoms with Crippen molar-refractivity contribution >= 4 is 35.3 Å². The fourth-order valence-corrected chi connectivity index (χ4v) is 6.89. The Hall–Kier alpha value is -2.67. The van der Waals surface area contributed by atoms with Gasteiger partial charge in [0, 0.05) is 25.3 Å². The molecule has 2 aromatic rings. The molecular formula is C25H36N3O9PS. The van der Waals surface area contributed by atoms with Gasteiger partial charge < -0.3 is 25.4 Å². The zero-order valence-electron chi connectivity index (χ0n) is 22.1. The highest BCUT2D eigenvalue weighted by atomic mass is 32.2. The van der Waals surface area contributed by atoms with E-state index in [0.29, 0.717) is 30.0 Å². The van der Waals surface area contributed by atoms with Crippen LogP contribution in [0, 0.1) is 5.92 Å². The van der Waals surface area contributed by atoms with Crippen LogP contribution in [-0.4, -0.2) is 72.3 Å². The van der Waals surface area contributed by atoms with Gasteiger partial charge in [-0.1, -0.05) is 32.0 Å². The molecule has 0 spiro atoms. The van der Waals surface area contributed by atoms with Crippen molar-refractivity contribution in [1.82, 2.24) is 4.90 Å². The monoisotopic (exact) mass is 585 g/mol. The second kappa shape index (κ2) is 12.7. The fraction of sp³-hybridized carbons (Fsp3) is 0.480. The molecule has 1 fully saturated rings. The molecule has 5 N–H and O–H groups in total. The molecule has 1 amide bonds. The number of nitrogens with zero attached hydrogens (tertiary/aromatic N) is 2. The van der Waals surface area contributed by atoms with Crippen LogP contribution in [0.3, 0.4) is 0 Å². The number of amides is 1. The Kier molecular flexibility index (Phi) is 10.0. The first-order valence-electron chi connectivity index (χ1n) is 12.5. The highest BCUT2D eigenvalue weighted by Crippen LogP contribution is 2.41. The molecule has 0 aromatic heterocycles. The van der Waals surface area contributed by atoms with E-state index in [1.807, 2.05) is 13.8 Å². The number of carbonyl (C=O) groups is 1. The van der Waals surface area contributed by atoms with Gasteiger partial charge in [0.2, 0.25) is 0 Å². The average Bonchev–Trinajstić information content (AvgIpc) is 3.36. The summed E-state index contributed by atoms with van der Waals surface area (Å²) in [5, 5.41) is 9.94. The minimum atomic E-state index is -5.06. The molecule has 0 radical (unpaired) electrons. The van der Waals surface area contributed by atoms with Crippen molar-refractivity contribution in [3.63, 3.8) is 0 Å². The molecule has 1 aliphatic heterocycles. The minimum Gasteiger partial charge on any atom is -0.465 e. The molecule has 3 rings (SSSR count). The Balaban J connectivity index is 2.06. The van der Waals surface area contributed by atoms with Crippen molar-refractivity contribution in [3.8, 4) is 0 Å². The first kappa shape index (κ1) is 30.9. The van der Waals surface area contributed by atoms with Crippen LogP contribution in [0.1, 0.15) is 32.8 Å². The second-order valence-corrected chi connectivity index (χ2v) is 13.0. The lowest BCUT2D eigenvalue weighted by Gasteiger charge is -2.36. The number of nitrogens with two attached hydrogens (primary N) is 1. The SMILES string of the molecule is CC(C)CN(c1ccccc1C[C@@H](OP(=O)(O)O)[C@H](C)N(C(=O)O)[C@H]1CCOC1)S(=O)(=O)c1ccc(N)cc1. The van der Waals surface area contributed by atoms with Gasteiger partial charge in [-0.05, 0) is 55.2 Å². The van der Waals surface area contributed by atoms with Gasteiger partial charge in [0.05, 0.1) is 35.4 Å². The lowest BCUT2D eigenvalue weighted by atomic mass is 9.99. The van der Waals surface area contributed by atoms with Gasteiger partial charge in [0.1, 0.15) is 0 Å². The van der Waals surface area contributed by atoms with Gasteiger partial charge in [0.25, 0.3) is 10.0 Å². The predicted octanol–water partition coefficient (Wildman–Crippen LogP) is 3.30. The normalized spacial score (nSPS) is 17.6. The van der Waals surface area contributed by atoms with E-state index in [4.69, 9.17) is 15.0 Å². The maximum absolute atomic E-state index is 13.8. The van der Waals surface area contributed by atoms with Gasteiger partial charge in [-0.3, -0.25) is 13.7 Å². The second-order valence-electron chi connectivity index (χ2n) is 9.91. The first-order valence-corrected chi connectivity index (χ1v) is 15.5. The van der Waals surface area contributed by atoms with Gasteiger partial charge in [-0.15, -0.1) is 0 Å². The molecule has 1 aliphatic rings. The van der Waals surface area contributed by atoms with Crippen LogP contribution in [0.25, 0.3) is 0 Å². The summed E-state index contributed by atoms with van der Waals surface area (Å²) in [6, 6.07) is 10.9. The van der Waals surface area contributed by atoms with Crippen LogP contribution < -0.4 is 10.0 Å². The summed E-state index contributed by atoms with van der Waals surface area (Å²) in [5.41, 5.74) is 6.86. The molecule has 0 aliphatic carbocycles. The van der Waals surface area contributed by atoms with Crippen LogP contribution in [0.5, 0.6) is 0 Å². The first-order chi connectivity index (χ1) is 18.2. The summed E-state index contributed by atoms with van der Waals surface area (Å²) in [5.74, 6) is -0.0763. The van der Waals surface area contributed by atoms with E-state index in [0.717, 1.165) is 4.90 Å². The molecule has 39 heavy (non-hydrogen) atoms. The number of carboxylic acid groups (broad SMARTS) is 1. The number of anilines is 2. The Labute approximate surface area is 228 Å². The maximum atomic E-state index is 13.8. The molecule has 0 saturated carbocycles. The number of para-hydroxylation sites is 1. The Morgan fingerprint density at radius 3 is 2.33 bits per heavy atom. The summed E-state index contributed by atoms with van der Waals surface area (Å²) in [7, 11) is -9.12. The molecule has 0 unspecified atom stereocenters. The number of phosphoric acid groups is 1. The Bertz CT molecular complexity index is 1280. The highest BCUT2D eigenvalue weighted by Gasteiger charge is 2.39. The van der Waals surface area contributed by atoms with E-state index in [2.05, 4.69) is 0 Å². The minimum absolute atomic E-state index is 0.0295. The molecule has 2 aromatic carbocycles. The zero-order valence-corrected chi connectivity index (χ0v) is 23.8. The average molecular weight is 586 g/mol. The summed E-state index contributed by atoms with van der Waals surface area (Å²) >= 11 is 0. The quantitative estimate of drug-likeness (QED) is 0.213. The third kappa shape index (κ3) is 7.93. The molecule has 12 nitrogen and oxygen atoms in total. The zero-order chi connectivity index (χ0) is 29.0.